The maximum Gasteiger partial charge on any atom is 0.161 e. The molecule has 1 heterocycles. The first-order valence-corrected chi connectivity index (χ1v) is 4.34. The average molecular weight is 165 g/mol. The van der Waals surface area contributed by atoms with E-state index in [1.807, 2.05) is 13.0 Å². The van der Waals surface area contributed by atoms with E-state index < -0.39 is 0 Å². The van der Waals surface area contributed by atoms with Crippen molar-refractivity contribution in [2.24, 2.45) is 0 Å². The van der Waals surface area contributed by atoms with Crippen LogP contribution in [0.5, 0.6) is 0 Å². The summed E-state index contributed by atoms with van der Waals surface area (Å²) in [6.45, 7) is 5.67. The monoisotopic (exact) mass is 165 g/mol. The van der Waals surface area contributed by atoms with Crippen LogP contribution in [0.15, 0.2) is 6.07 Å². The van der Waals surface area contributed by atoms with Crippen molar-refractivity contribution in [3.05, 3.63) is 23.0 Å². The number of rotatable bonds is 3. The molecule has 0 aliphatic heterocycles. The van der Waals surface area contributed by atoms with Gasteiger partial charge in [0.15, 0.2) is 5.78 Å². The van der Waals surface area contributed by atoms with Gasteiger partial charge in [-0.3, -0.25) is 4.79 Å². The molecule has 1 aromatic heterocycles. The van der Waals surface area contributed by atoms with Crippen LogP contribution in [0.1, 0.15) is 42.0 Å². The Morgan fingerprint density at radius 2 is 2.25 bits per heavy atom. The molecule has 0 aliphatic carbocycles. The first-order chi connectivity index (χ1) is 5.65. The van der Waals surface area contributed by atoms with Crippen LogP contribution in [0, 0.1) is 6.92 Å². The highest BCUT2D eigenvalue weighted by atomic mass is 16.1. The van der Waals surface area contributed by atoms with Crippen LogP contribution in [0.3, 0.4) is 0 Å². The van der Waals surface area contributed by atoms with E-state index in [0.717, 1.165) is 24.1 Å². The maximum atomic E-state index is 11.1. The maximum absolute atomic E-state index is 11.1. The zero-order valence-corrected chi connectivity index (χ0v) is 7.90. The third-order valence-electron chi connectivity index (χ3n) is 1.97. The number of H-pyrrole nitrogens is 1. The Labute approximate surface area is 73.0 Å². The van der Waals surface area contributed by atoms with E-state index in [9.17, 15) is 4.79 Å². The molecular weight excluding hydrogens is 150 g/mol. The number of aromatic nitrogens is 1. The predicted octanol–water partition coefficient (Wildman–Crippen LogP) is 2.48. The van der Waals surface area contributed by atoms with Gasteiger partial charge in [-0.1, -0.05) is 13.3 Å². The minimum atomic E-state index is 0.145. The van der Waals surface area contributed by atoms with Gasteiger partial charge in [0.25, 0.3) is 0 Å². The van der Waals surface area contributed by atoms with Gasteiger partial charge in [0.1, 0.15) is 0 Å². The molecule has 0 saturated heterocycles. The number of Topliss-reactive ketones (excluding diaryl/α,β-unsaturated/α-hetero) is 1. The Bertz CT molecular complexity index is 286. The molecule has 2 heteroatoms. The van der Waals surface area contributed by atoms with E-state index >= 15 is 0 Å². The van der Waals surface area contributed by atoms with Gasteiger partial charge in [0.05, 0.1) is 0 Å². The minimum absolute atomic E-state index is 0.145. The molecule has 1 rings (SSSR count). The molecule has 0 atom stereocenters. The van der Waals surface area contributed by atoms with Gasteiger partial charge in [-0.05, 0) is 26.3 Å². The van der Waals surface area contributed by atoms with Crippen molar-refractivity contribution in [2.45, 2.75) is 33.6 Å². The number of aromatic amines is 1. The summed E-state index contributed by atoms with van der Waals surface area (Å²) in [6, 6.07) is 1.96. The third kappa shape index (κ3) is 1.76. The number of aryl methyl sites for hydroxylation is 2. The van der Waals surface area contributed by atoms with Crippen molar-refractivity contribution in [1.29, 1.82) is 0 Å². The Morgan fingerprint density at radius 3 is 2.67 bits per heavy atom. The lowest BCUT2D eigenvalue weighted by Gasteiger charge is -1.89. The molecule has 0 aromatic carbocycles. The van der Waals surface area contributed by atoms with Gasteiger partial charge in [0, 0.05) is 17.0 Å². The Morgan fingerprint density at radius 1 is 1.58 bits per heavy atom. The second-order valence-corrected chi connectivity index (χ2v) is 3.14. The van der Waals surface area contributed by atoms with Gasteiger partial charge in [-0.15, -0.1) is 0 Å². The van der Waals surface area contributed by atoms with Gasteiger partial charge in [-0.2, -0.15) is 0 Å². The van der Waals surface area contributed by atoms with Crippen molar-refractivity contribution in [1.82, 2.24) is 4.98 Å². The number of carbonyl (C=O) groups is 1. The molecule has 0 fully saturated rings. The number of hydrogen-bond donors (Lipinski definition) is 1. The van der Waals surface area contributed by atoms with Crippen LogP contribution < -0.4 is 0 Å². The molecule has 0 amide bonds. The summed E-state index contributed by atoms with van der Waals surface area (Å²) < 4.78 is 0. The molecule has 0 saturated carbocycles. The van der Waals surface area contributed by atoms with Crippen molar-refractivity contribution in [2.75, 3.05) is 0 Å². The van der Waals surface area contributed by atoms with Crippen LogP contribution in [-0.4, -0.2) is 10.8 Å². The smallest absolute Gasteiger partial charge is 0.161 e. The van der Waals surface area contributed by atoms with Crippen molar-refractivity contribution < 1.29 is 4.79 Å². The fraction of sp³-hybridized carbons (Fsp3) is 0.500. The van der Waals surface area contributed by atoms with Crippen molar-refractivity contribution in [3.63, 3.8) is 0 Å². The number of hydrogen-bond acceptors (Lipinski definition) is 1. The summed E-state index contributed by atoms with van der Waals surface area (Å²) in [5, 5.41) is 0. The summed E-state index contributed by atoms with van der Waals surface area (Å²) in [5.41, 5.74) is 2.99. The second-order valence-electron chi connectivity index (χ2n) is 3.14. The van der Waals surface area contributed by atoms with Crippen LogP contribution >= 0.6 is 0 Å². The molecule has 2 nitrogen and oxygen atoms in total. The highest BCUT2D eigenvalue weighted by Gasteiger charge is 2.07. The standard InChI is InChI=1S/C10H15NO/c1-4-5-9-6-10(8(3)12)7(2)11-9/h6,11H,4-5H2,1-3H3. The summed E-state index contributed by atoms with van der Waals surface area (Å²) in [4.78, 5) is 14.3. The summed E-state index contributed by atoms with van der Waals surface area (Å²) in [7, 11) is 0. The average Bonchev–Trinajstić information content (AvgIpc) is 2.32. The minimum Gasteiger partial charge on any atom is -0.362 e. The molecule has 1 aromatic rings. The summed E-state index contributed by atoms with van der Waals surface area (Å²) in [6.07, 6.45) is 2.13. The lowest BCUT2D eigenvalue weighted by Crippen LogP contribution is -1.90. The SMILES string of the molecule is CCCc1cc(C(C)=O)c(C)[nH]1. The van der Waals surface area contributed by atoms with E-state index in [2.05, 4.69) is 11.9 Å². The van der Waals surface area contributed by atoms with Crippen molar-refractivity contribution in [3.8, 4) is 0 Å². The van der Waals surface area contributed by atoms with E-state index in [0.29, 0.717) is 0 Å². The fourth-order valence-electron chi connectivity index (χ4n) is 1.40. The van der Waals surface area contributed by atoms with Crippen molar-refractivity contribution >= 4 is 5.78 Å². The summed E-state index contributed by atoms with van der Waals surface area (Å²) >= 11 is 0. The highest BCUT2D eigenvalue weighted by molar-refractivity contribution is 5.95. The highest BCUT2D eigenvalue weighted by Crippen LogP contribution is 2.11. The topological polar surface area (TPSA) is 32.9 Å². The largest absolute Gasteiger partial charge is 0.362 e. The molecule has 66 valence electrons. The fourth-order valence-corrected chi connectivity index (χ4v) is 1.40. The lowest BCUT2D eigenvalue weighted by atomic mass is 10.1. The predicted molar refractivity (Wildman–Crippen MR) is 49.5 cm³/mol. The van der Waals surface area contributed by atoms with Crippen LogP contribution in [-0.2, 0) is 6.42 Å². The Kier molecular flexibility index (Phi) is 2.69. The number of carbonyl (C=O) groups excluding carboxylic acids is 1. The molecule has 0 bridgehead atoms. The molecule has 0 radical (unpaired) electrons. The summed E-state index contributed by atoms with van der Waals surface area (Å²) in [5.74, 6) is 0.145. The molecule has 0 unspecified atom stereocenters. The van der Waals surface area contributed by atoms with Crippen LogP contribution in [0.25, 0.3) is 0 Å². The van der Waals surface area contributed by atoms with Crippen LogP contribution in [0.2, 0.25) is 0 Å². The quantitative estimate of drug-likeness (QED) is 0.686. The molecule has 0 spiro atoms. The number of ketones is 1. The van der Waals surface area contributed by atoms with E-state index in [4.69, 9.17) is 0 Å². The van der Waals surface area contributed by atoms with Gasteiger partial charge in [-0.25, -0.2) is 0 Å². The van der Waals surface area contributed by atoms with E-state index in [1.165, 1.54) is 5.69 Å². The second kappa shape index (κ2) is 3.57. The van der Waals surface area contributed by atoms with Gasteiger partial charge in [0.2, 0.25) is 0 Å². The van der Waals surface area contributed by atoms with E-state index in [1.54, 1.807) is 6.92 Å². The Balaban J connectivity index is 2.92. The molecule has 12 heavy (non-hydrogen) atoms. The zero-order valence-electron chi connectivity index (χ0n) is 7.90. The number of nitrogens with one attached hydrogen (secondary N) is 1. The lowest BCUT2D eigenvalue weighted by molar-refractivity contribution is 0.101. The Hall–Kier alpha value is -1.05. The van der Waals surface area contributed by atoms with Gasteiger partial charge < -0.3 is 4.98 Å². The van der Waals surface area contributed by atoms with Gasteiger partial charge >= 0.3 is 0 Å². The molecular formula is C10H15NO. The molecule has 0 aliphatic rings. The van der Waals surface area contributed by atoms with E-state index in [-0.39, 0.29) is 5.78 Å². The normalized spacial score (nSPS) is 10.2. The first kappa shape index (κ1) is 9.04. The zero-order chi connectivity index (χ0) is 9.14. The molecule has 1 N–H and O–H groups in total. The van der Waals surface area contributed by atoms with Crippen LogP contribution in [0.4, 0.5) is 0 Å². The first-order valence-electron chi connectivity index (χ1n) is 4.34. The third-order valence-corrected chi connectivity index (χ3v) is 1.97.